The molecule has 0 bridgehead atoms. The average Bonchev–Trinajstić information content (AvgIpc) is 3.38. The monoisotopic (exact) mass is 471 g/mol. The summed E-state index contributed by atoms with van der Waals surface area (Å²) in [6.07, 6.45) is 5.94. The molecular weight excluding hydrogens is 438 g/mol. The normalized spacial score (nSPS) is 21.7. The van der Waals surface area contributed by atoms with E-state index in [0.717, 1.165) is 55.7 Å². The topological polar surface area (TPSA) is 81.6 Å². The van der Waals surface area contributed by atoms with Crippen LogP contribution in [0.3, 0.4) is 0 Å². The largest absolute Gasteiger partial charge is 0.387 e. The van der Waals surface area contributed by atoms with Crippen molar-refractivity contribution < 1.29 is 9.90 Å². The minimum absolute atomic E-state index is 0.000857. The third-order valence-corrected chi connectivity index (χ3v) is 7.10. The van der Waals surface area contributed by atoms with Crippen LogP contribution in [0.25, 0.3) is 0 Å². The highest BCUT2D eigenvalue weighted by Crippen LogP contribution is 2.26. The molecule has 3 aromatic rings. The van der Waals surface area contributed by atoms with Crippen LogP contribution in [0.2, 0.25) is 0 Å². The first-order valence-corrected chi connectivity index (χ1v) is 12.5. The minimum Gasteiger partial charge on any atom is -0.387 e. The number of piperazine rings is 1. The lowest BCUT2D eigenvalue weighted by atomic mass is 10.0. The van der Waals surface area contributed by atoms with Crippen molar-refractivity contribution in [3.05, 3.63) is 95.6 Å². The maximum absolute atomic E-state index is 13.0. The van der Waals surface area contributed by atoms with Gasteiger partial charge in [0.25, 0.3) is 5.91 Å². The highest BCUT2D eigenvalue weighted by atomic mass is 16.3. The minimum atomic E-state index is -0.497. The lowest BCUT2D eigenvalue weighted by Gasteiger charge is -2.34. The van der Waals surface area contributed by atoms with Gasteiger partial charge in [-0.15, -0.1) is 0 Å². The summed E-state index contributed by atoms with van der Waals surface area (Å²) in [4.78, 5) is 26.1. The van der Waals surface area contributed by atoms with Gasteiger partial charge in [0.15, 0.2) is 0 Å². The first kappa shape index (κ1) is 23.6. The number of amides is 1. The number of nitrogens with one attached hydrogen (secondary N) is 1. The number of hydrogen-bond acceptors (Lipinski definition) is 6. The Bertz CT molecular complexity index is 1090. The van der Waals surface area contributed by atoms with E-state index in [1.807, 2.05) is 78.0 Å². The summed E-state index contributed by atoms with van der Waals surface area (Å²) in [6.45, 7) is 3.89. The van der Waals surface area contributed by atoms with Crippen molar-refractivity contribution in [3.63, 3.8) is 0 Å². The van der Waals surface area contributed by atoms with Gasteiger partial charge in [0.1, 0.15) is 5.69 Å². The zero-order valence-corrected chi connectivity index (χ0v) is 20.0. The van der Waals surface area contributed by atoms with Crippen molar-refractivity contribution >= 4 is 5.91 Å². The third-order valence-electron chi connectivity index (χ3n) is 7.10. The molecule has 0 saturated carbocycles. The van der Waals surface area contributed by atoms with Crippen LogP contribution in [-0.2, 0) is 13.0 Å². The Balaban J connectivity index is 1.10. The molecule has 2 unspecified atom stereocenters. The SMILES string of the molecule is O=C(c1ccc(CC2CC[C@H](C(O)c3ccccc3)N2)cn1)N1CCN(Cc2ccccn2)CC1. The molecule has 7 heteroatoms. The maximum Gasteiger partial charge on any atom is 0.272 e. The first-order chi connectivity index (χ1) is 17.2. The van der Waals surface area contributed by atoms with Gasteiger partial charge in [0.2, 0.25) is 0 Å². The van der Waals surface area contributed by atoms with Crippen molar-refractivity contribution in [2.75, 3.05) is 26.2 Å². The van der Waals surface area contributed by atoms with E-state index in [2.05, 4.69) is 20.2 Å². The molecule has 0 radical (unpaired) electrons. The molecule has 0 spiro atoms. The third kappa shape index (κ3) is 5.93. The zero-order valence-electron chi connectivity index (χ0n) is 20.0. The van der Waals surface area contributed by atoms with Gasteiger partial charge >= 0.3 is 0 Å². The summed E-state index contributed by atoms with van der Waals surface area (Å²) >= 11 is 0. The highest BCUT2D eigenvalue weighted by Gasteiger charge is 2.30. The standard InChI is InChI=1S/C28H33N5O2/c34-27(22-6-2-1-3-7-22)25-12-10-23(31-25)18-21-9-11-26(30-19-21)28(35)33-16-14-32(15-17-33)20-24-8-4-5-13-29-24/h1-9,11,13,19,23,25,27,31,34H,10,12,14-18,20H2/t23?,25-,27?/m1/s1. The molecule has 0 aliphatic carbocycles. The van der Waals surface area contributed by atoms with Crippen LogP contribution in [0.5, 0.6) is 0 Å². The summed E-state index contributed by atoms with van der Waals surface area (Å²) in [5.41, 5.74) is 3.62. The molecule has 3 atom stereocenters. The Morgan fingerprint density at radius 2 is 1.77 bits per heavy atom. The maximum atomic E-state index is 13.0. The smallest absolute Gasteiger partial charge is 0.272 e. The zero-order chi connectivity index (χ0) is 24.0. The van der Waals surface area contributed by atoms with Gasteiger partial charge in [0.05, 0.1) is 11.8 Å². The van der Waals surface area contributed by atoms with Gasteiger partial charge in [-0.05, 0) is 48.6 Å². The predicted octanol–water partition coefficient (Wildman–Crippen LogP) is 2.83. The summed E-state index contributed by atoms with van der Waals surface area (Å²) in [6, 6.07) is 20.0. The molecular formula is C28H33N5O2. The molecule has 2 aromatic heterocycles. The van der Waals surface area contributed by atoms with Crippen molar-refractivity contribution in [2.45, 2.75) is 44.0 Å². The van der Waals surface area contributed by atoms with E-state index in [1.54, 1.807) is 0 Å². The molecule has 182 valence electrons. The first-order valence-electron chi connectivity index (χ1n) is 12.5. The van der Waals surface area contributed by atoms with E-state index < -0.39 is 6.10 Å². The quantitative estimate of drug-likeness (QED) is 0.552. The molecule has 5 rings (SSSR count). The number of rotatable bonds is 7. The molecule has 2 saturated heterocycles. The molecule has 2 aliphatic heterocycles. The molecule has 35 heavy (non-hydrogen) atoms. The molecule has 1 amide bonds. The van der Waals surface area contributed by atoms with Crippen LogP contribution in [0, 0.1) is 0 Å². The van der Waals surface area contributed by atoms with Gasteiger partial charge in [-0.3, -0.25) is 19.7 Å². The number of benzene rings is 1. The molecule has 4 heterocycles. The van der Waals surface area contributed by atoms with E-state index in [9.17, 15) is 9.90 Å². The fourth-order valence-electron chi connectivity index (χ4n) is 5.09. The Hall–Kier alpha value is -3.13. The number of carbonyl (C=O) groups is 1. The second-order valence-electron chi connectivity index (χ2n) is 9.55. The second-order valence-corrected chi connectivity index (χ2v) is 9.55. The number of carbonyl (C=O) groups excluding carboxylic acids is 1. The van der Waals surface area contributed by atoms with Crippen LogP contribution < -0.4 is 5.32 Å². The fraction of sp³-hybridized carbons (Fsp3) is 0.393. The molecule has 2 N–H and O–H groups in total. The Kier molecular flexibility index (Phi) is 7.47. The van der Waals surface area contributed by atoms with Gasteiger partial charge in [-0.1, -0.05) is 42.5 Å². The van der Waals surface area contributed by atoms with E-state index in [1.165, 1.54) is 0 Å². The molecule has 7 nitrogen and oxygen atoms in total. The number of aromatic nitrogens is 2. The predicted molar refractivity (Wildman–Crippen MR) is 135 cm³/mol. The molecule has 2 aliphatic rings. The van der Waals surface area contributed by atoms with Crippen LogP contribution in [0.15, 0.2) is 73.1 Å². The number of aliphatic hydroxyl groups is 1. The molecule has 1 aromatic carbocycles. The highest BCUT2D eigenvalue weighted by molar-refractivity contribution is 5.92. The Labute approximate surface area is 206 Å². The number of aliphatic hydroxyl groups excluding tert-OH is 1. The fourth-order valence-corrected chi connectivity index (χ4v) is 5.09. The van der Waals surface area contributed by atoms with Gasteiger partial charge in [-0.25, -0.2) is 0 Å². The molecule has 2 fully saturated rings. The van der Waals surface area contributed by atoms with Gasteiger partial charge in [-0.2, -0.15) is 0 Å². The van der Waals surface area contributed by atoms with Crippen molar-refractivity contribution in [3.8, 4) is 0 Å². The second kappa shape index (κ2) is 11.1. The van der Waals surface area contributed by atoms with Crippen LogP contribution in [-0.4, -0.2) is 69.0 Å². The summed E-state index contributed by atoms with van der Waals surface area (Å²) in [7, 11) is 0. The number of nitrogens with zero attached hydrogens (tertiary/aromatic N) is 4. The van der Waals surface area contributed by atoms with Gasteiger partial charge < -0.3 is 15.3 Å². The van der Waals surface area contributed by atoms with Crippen LogP contribution >= 0.6 is 0 Å². The van der Waals surface area contributed by atoms with E-state index in [-0.39, 0.29) is 11.9 Å². The van der Waals surface area contributed by atoms with Crippen molar-refractivity contribution in [1.82, 2.24) is 25.1 Å². The Morgan fingerprint density at radius 1 is 0.971 bits per heavy atom. The average molecular weight is 472 g/mol. The number of hydrogen-bond donors (Lipinski definition) is 2. The van der Waals surface area contributed by atoms with Crippen LogP contribution in [0.1, 0.15) is 46.3 Å². The van der Waals surface area contributed by atoms with Crippen LogP contribution in [0.4, 0.5) is 0 Å². The summed E-state index contributed by atoms with van der Waals surface area (Å²) in [5, 5.41) is 14.3. The van der Waals surface area contributed by atoms with Gasteiger partial charge in [0, 0.05) is 57.2 Å². The summed E-state index contributed by atoms with van der Waals surface area (Å²) in [5.74, 6) is -0.000857. The summed E-state index contributed by atoms with van der Waals surface area (Å²) < 4.78 is 0. The van der Waals surface area contributed by atoms with Crippen molar-refractivity contribution in [1.29, 1.82) is 0 Å². The Morgan fingerprint density at radius 3 is 2.49 bits per heavy atom. The number of pyridine rings is 2. The van der Waals surface area contributed by atoms with E-state index in [0.29, 0.717) is 24.8 Å². The van der Waals surface area contributed by atoms with E-state index >= 15 is 0 Å². The van der Waals surface area contributed by atoms with E-state index in [4.69, 9.17) is 0 Å². The van der Waals surface area contributed by atoms with Crippen molar-refractivity contribution in [2.24, 2.45) is 0 Å². The lowest BCUT2D eigenvalue weighted by molar-refractivity contribution is 0.0621. The lowest BCUT2D eigenvalue weighted by Crippen LogP contribution is -2.48.